The summed E-state index contributed by atoms with van der Waals surface area (Å²) in [6.07, 6.45) is 20.4. The molecule has 8 fully saturated rings. The summed E-state index contributed by atoms with van der Waals surface area (Å²) in [5.74, 6) is 5.19. The van der Waals surface area contributed by atoms with Gasteiger partial charge in [-0.2, -0.15) is 0 Å². The van der Waals surface area contributed by atoms with Crippen molar-refractivity contribution >= 4 is 35.4 Å². The molecule has 6 heteroatoms. The largest absolute Gasteiger partial charge is 0.455 e. The first-order valence-electron chi connectivity index (χ1n) is 14.3. The highest BCUT2D eigenvalue weighted by molar-refractivity contribution is 8.02. The molecular formula is C29H41NO3S2. The van der Waals surface area contributed by atoms with Gasteiger partial charge in [0.2, 0.25) is 5.91 Å². The summed E-state index contributed by atoms with van der Waals surface area (Å²) in [5, 5.41) is -0.0500. The third-order valence-electron chi connectivity index (χ3n) is 10.7. The Kier molecular flexibility index (Phi) is 5.67. The van der Waals surface area contributed by atoms with Gasteiger partial charge in [0.25, 0.3) is 0 Å². The van der Waals surface area contributed by atoms with Crippen LogP contribution in [0.4, 0.5) is 0 Å². The van der Waals surface area contributed by atoms with Crippen LogP contribution >= 0.6 is 23.5 Å². The molecule has 0 aromatic rings. The lowest BCUT2D eigenvalue weighted by Gasteiger charge is -2.59. The van der Waals surface area contributed by atoms with Gasteiger partial charge in [-0.25, -0.2) is 0 Å². The second kappa shape index (κ2) is 8.44. The highest BCUT2D eigenvalue weighted by Gasteiger charge is 2.56. The van der Waals surface area contributed by atoms with E-state index in [4.69, 9.17) is 4.74 Å². The molecule has 0 spiro atoms. The molecule has 0 N–H and O–H groups in total. The van der Waals surface area contributed by atoms with Crippen LogP contribution in [-0.4, -0.2) is 43.1 Å². The molecular weight excluding hydrogens is 474 g/mol. The van der Waals surface area contributed by atoms with E-state index in [1.54, 1.807) is 6.92 Å². The fourth-order valence-corrected chi connectivity index (χ4v) is 14.8. The molecule has 1 aliphatic heterocycles. The smallest absolute Gasteiger partial charge is 0.303 e. The van der Waals surface area contributed by atoms with Crippen molar-refractivity contribution in [1.29, 1.82) is 0 Å². The van der Waals surface area contributed by atoms with Gasteiger partial charge in [0, 0.05) is 23.3 Å². The fraction of sp³-hybridized carbons (Fsp3) is 0.862. The van der Waals surface area contributed by atoms with Crippen molar-refractivity contribution in [2.45, 2.75) is 117 Å². The molecule has 0 unspecified atom stereocenters. The maximum atomic E-state index is 13.3. The predicted octanol–water partition coefficient (Wildman–Crippen LogP) is 6.39. The van der Waals surface area contributed by atoms with Crippen molar-refractivity contribution < 1.29 is 14.3 Å². The number of thioether (sulfide) groups is 2. The number of carbonyl (C=O) groups excluding carboxylic acids is 2. The van der Waals surface area contributed by atoms with Crippen LogP contribution in [-0.2, 0) is 14.3 Å². The molecule has 0 radical (unpaired) electrons. The van der Waals surface area contributed by atoms with Crippen LogP contribution in [0.1, 0.15) is 90.9 Å². The summed E-state index contributed by atoms with van der Waals surface area (Å²) in [6, 6.07) is 0. The first kappa shape index (κ1) is 23.5. The van der Waals surface area contributed by atoms with E-state index in [1.165, 1.54) is 84.0 Å². The number of hydrogen-bond donors (Lipinski definition) is 0. The molecule has 1 amide bonds. The van der Waals surface area contributed by atoms with E-state index in [2.05, 4.69) is 28.8 Å². The van der Waals surface area contributed by atoms with Gasteiger partial charge in [0.15, 0.2) is 0 Å². The number of carbonyl (C=O) groups is 2. The van der Waals surface area contributed by atoms with Crippen LogP contribution in [0, 0.1) is 35.5 Å². The number of rotatable bonds is 5. The minimum atomic E-state index is -0.345. The van der Waals surface area contributed by atoms with E-state index in [-0.39, 0.29) is 33.5 Å². The number of nitrogens with zero attached hydrogens (tertiary/aromatic N) is 1. The van der Waals surface area contributed by atoms with E-state index in [0.29, 0.717) is 4.75 Å². The lowest BCUT2D eigenvalue weighted by atomic mass is 9.56. The monoisotopic (exact) mass is 515 g/mol. The Morgan fingerprint density at radius 3 is 1.54 bits per heavy atom. The highest BCUT2D eigenvalue weighted by atomic mass is 32.2. The molecule has 9 rings (SSSR count). The lowest BCUT2D eigenvalue weighted by molar-refractivity contribution is -0.148. The highest BCUT2D eigenvalue weighted by Crippen LogP contribution is 2.64. The molecule has 8 bridgehead atoms. The standard InChI is InChI=1S/C29H41NO3S2/c1-17(31)30-26(34-28-11-19-5-20(12-28)7-21(6-19)13-28)4-3-25(33-18(2)32)27(30)35-29-14-22-8-23(15-29)10-24(9-22)16-29/h3-4,19-27H,5-16H2,1-2H3/t19?,20?,21?,22?,23?,24?,25-,26-,27-,28?,29?/m0/s1. The quantitative estimate of drug-likeness (QED) is 0.313. The maximum Gasteiger partial charge on any atom is 0.303 e. The van der Waals surface area contributed by atoms with Gasteiger partial charge in [0.1, 0.15) is 11.5 Å². The number of esters is 1. The number of ether oxygens (including phenoxy) is 1. The first-order valence-corrected chi connectivity index (χ1v) is 16.0. The zero-order valence-corrected chi connectivity index (χ0v) is 23.0. The average molecular weight is 516 g/mol. The van der Waals surface area contributed by atoms with Crippen molar-refractivity contribution in [2.75, 3.05) is 0 Å². The Morgan fingerprint density at radius 1 is 0.714 bits per heavy atom. The van der Waals surface area contributed by atoms with Crippen LogP contribution in [0.3, 0.4) is 0 Å². The van der Waals surface area contributed by atoms with Crippen LogP contribution in [0.2, 0.25) is 0 Å². The summed E-state index contributed by atoms with van der Waals surface area (Å²) in [6.45, 7) is 3.25. The van der Waals surface area contributed by atoms with Gasteiger partial charge in [-0.15, -0.1) is 23.5 Å². The fourth-order valence-electron chi connectivity index (χ4n) is 10.4. The van der Waals surface area contributed by atoms with E-state index in [0.717, 1.165) is 35.5 Å². The van der Waals surface area contributed by atoms with Gasteiger partial charge >= 0.3 is 5.97 Å². The Balaban J connectivity index is 1.18. The van der Waals surface area contributed by atoms with Crippen molar-refractivity contribution in [3.05, 3.63) is 12.2 Å². The third kappa shape index (κ3) is 4.21. The van der Waals surface area contributed by atoms with E-state index in [9.17, 15) is 9.59 Å². The maximum absolute atomic E-state index is 13.3. The third-order valence-corrected chi connectivity index (χ3v) is 14.0. The Morgan fingerprint density at radius 2 is 1.14 bits per heavy atom. The molecule has 3 atom stereocenters. The van der Waals surface area contributed by atoms with Crippen LogP contribution < -0.4 is 0 Å². The number of amides is 1. The summed E-state index contributed by atoms with van der Waals surface area (Å²) < 4.78 is 6.48. The van der Waals surface area contributed by atoms with E-state index in [1.807, 2.05) is 11.8 Å². The zero-order valence-electron chi connectivity index (χ0n) is 21.3. The molecule has 8 aliphatic carbocycles. The van der Waals surface area contributed by atoms with Gasteiger partial charge in [-0.05, 0) is 119 Å². The SMILES string of the molecule is CC(=O)O[C@H]1C=C[C@H](SC23CC4CC(CC(C4)C2)C3)N(C(C)=O)[C@H]1SC12CC3CC(CC(C3)C1)C2. The number of hydrogen-bond acceptors (Lipinski definition) is 5. The van der Waals surface area contributed by atoms with Gasteiger partial charge in [-0.1, -0.05) is 6.08 Å². The minimum Gasteiger partial charge on any atom is -0.455 e. The summed E-state index contributed by atoms with van der Waals surface area (Å²) >= 11 is 4.12. The normalized spacial score (nSPS) is 51.1. The van der Waals surface area contributed by atoms with Crippen molar-refractivity contribution in [3.8, 4) is 0 Å². The Labute approximate surface area is 219 Å². The Bertz CT molecular complexity index is 860. The van der Waals surface area contributed by atoms with Crippen LogP contribution in [0.5, 0.6) is 0 Å². The predicted molar refractivity (Wildman–Crippen MR) is 142 cm³/mol. The first-order chi connectivity index (χ1) is 16.8. The minimum absolute atomic E-state index is 0.0574. The van der Waals surface area contributed by atoms with Gasteiger partial charge < -0.3 is 9.64 Å². The summed E-state index contributed by atoms with van der Waals surface area (Å²) in [7, 11) is 0. The van der Waals surface area contributed by atoms with Crippen molar-refractivity contribution in [3.63, 3.8) is 0 Å². The molecule has 4 nitrogen and oxygen atoms in total. The molecule has 0 aromatic heterocycles. The van der Waals surface area contributed by atoms with Gasteiger partial charge in [-0.3, -0.25) is 9.59 Å². The van der Waals surface area contributed by atoms with E-state index < -0.39 is 0 Å². The molecule has 192 valence electrons. The molecule has 0 saturated heterocycles. The molecule has 1 heterocycles. The topological polar surface area (TPSA) is 46.6 Å². The molecule has 0 aromatic carbocycles. The zero-order chi connectivity index (χ0) is 23.9. The van der Waals surface area contributed by atoms with Crippen molar-refractivity contribution in [2.24, 2.45) is 35.5 Å². The van der Waals surface area contributed by atoms with Crippen LogP contribution in [0.25, 0.3) is 0 Å². The average Bonchev–Trinajstić information content (AvgIpc) is 2.72. The van der Waals surface area contributed by atoms with Crippen molar-refractivity contribution in [1.82, 2.24) is 4.90 Å². The van der Waals surface area contributed by atoms with Gasteiger partial charge in [0.05, 0.1) is 5.37 Å². The second-order valence-electron chi connectivity index (χ2n) is 13.6. The molecule has 9 aliphatic rings. The summed E-state index contributed by atoms with van der Waals surface area (Å²) in [4.78, 5) is 27.6. The van der Waals surface area contributed by atoms with E-state index >= 15 is 0 Å². The molecule has 35 heavy (non-hydrogen) atoms. The summed E-state index contributed by atoms with van der Waals surface area (Å²) in [5.41, 5.74) is 0. The second-order valence-corrected chi connectivity index (χ2v) is 16.8. The Hall–Kier alpha value is -0.620. The molecule has 8 saturated carbocycles. The lowest BCUT2D eigenvalue weighted by Crippen LogP contribution is -2.57. The van der Waals surface area contributed by atoms with Crippen LogP contribution in [0.15, 0.2) is 12.2 Å².